The largest absolute Gasteiger partial charge is 0.488 e. The van der Waals surface area contributed by atoms with Gasteiger partial charge in [0.25, 0.3) is 0 Å². The van der Waals surface area contributed by atoms with Gasteiger partial charge in [-0.3, -0.25) is 4.79 Å². The molecule has 104 valence electrons. The van der Waals surface area contributed by atoms with Gasteiger partial charge in [-0.25, -0.2) is 0 Å². The molecule has 1 aromatic carbocycles. The third-order valence-corrected chi connectivity index (χ3v) is 3.79. The van der Waals surface area contributed by atoms with Crippen LogP contribution < -0.4 is 10.5 Å². The first kappa shape index (κ1) is 14.4. The summed E-state index contributed by atoms with van der Waals surface area (Å²) in [6.07, 6.45) is 1.20. The standard InChI is InChI=1S/C13H16Cl2N2O2/c14-11-2-1-9(7-12(11)15)19-10-4-6-17(8-10)13(18)3-5-16/h1-2,7,10H,3-6,8,16H2. The average molecular weight is 303 g/mol. The number of hydrogen-bond donors (Lipinski definition) is 1. The summed E-state index contributed by atoms with van der Waals surface area (Å²) < 4.78 is 5.80. The van der Waals surface area contributed by atoms with Crippen LogP contribution in [0.1, 0.15) is 12.8 Å². The van der Waals surface area contributed by atoms with Crippen molar-refractivity contribution in [2.24, 2.45) is 5.73 Å². The minimum absolute atomic E-state index is 0.000957. The lowest BCUT2D eigenvalue weighted by atomic mass is 10.3. The number of rotatable bonds is 4. The van der Waals surface area contributed by atoms with Crippen molar-refractivity contribution in [1.29, 1.82) is 0 Å². The van der Waals surface area contributed by atoms with Crippen molar-refractivity contribution in [2.45, 2.75) is 18.9 Å². The van der Waals surface area contributed by atoms with Gasteiger partial charge in [-0.15, -0.1) is 0 Å². The summed E-state index contributed by atoms with van der Waals surface area (Å²) in [5.41, 5.74) is 5.38. The van der Waals surface area contributed by atoms with Gasteiger partial charge in [0.05, 0.1) is 16.6 Å². The number of carbonyl (C=O) groups is 1. The number of ether oxygens (including phenoxy) is 1. The van der Waals surface area contributed by atoms with Crippen LogP contribution in [0.25, 0.3) is 0 Å². The number of amides is 1. The van der Waals surface area contributed by atoms with E-state index in [0.29, 0.717) is 41.8 Å². The van der Waals surface area contributed by atoms with E-state index in [0.717, 1.165) is 6.42 Å². The molecule has 1 unspecified atom stereocenters. The molecule has 6 heteroatoms. The average Bonchev–Trinajstić information content (AvgIpc) is 2.83. The van der Waals surface area contributed by atoms with Crippen LogP contribution in [0, 0.1) is 0 Å². The Morgan fingerprint density at radius 1 is 1.42 bits per heavy atom. The summed E-state index contributed by atoms with van der Waals surface area (Å²) in [4.78, 5) is 13.5. The zero-order chi connectivity index (χ0) is 13.8. The Morgan fingerprint density at radius 3 is 2.89 bits per heavy atom. The van der Waals surface area contributed by atoms with E-state index >= 15 is 0 Å². The van der Waals surface area contributed by atoms with Crippen molar-refractivity contribution < 1.29 is 9.53 Å². The third kappa shape index (κ3) is 3.75. The molecule has 1 aliphatic rings. The summed E-state index contributed by atoms with van der Waals surface area (Å²) in [6, 6.07) is 5.17. The zero-order valence-corrected chi connectivity index (χ0v) is 12.0. The fourth-order valence-electron chi connectivity index (χ4n) is 2.08. The highest BCUT2D eigenvalue weighted by atomic mass is 35.5. The monoisotopic (exact) mass is 302 g/mol. The van der Waals surface area contributed by atoms with Crippen molar-refractivity contribution in [2.75, 3.05) is 19.6 Å². The fraction of sp³-hybridized carbons (Fsp3) is 0.462. The molecule has 19 heavy (non-hydrogen) atoms. The molecule has 2 rings (SSSR count). The van der Waals surface area contributed by atoms with Gasteiger partial charge in [-0.05, 0) is 12.1 Å². The van der Waals surface area contributed by atoms with Crippen LogP contribution in [0.3, 0.4) is 0 Å². The topological polar surface area (TPSA) is 55.6 Å². The predicted molar refractivity (Wildman–Crippen MR) is 75.7 cm³/mol. The lowest BCUT2D eigenvalue weighted by Crippen LogP contribution is -2.32. The first-order valence-corrected chi connectivity index (χ1v) is 6.95. The van der Waals surface area contributed by atoms with E-state index in [2.05, 4.69) is 0 Å². The quantitative estimate of drug-likeness (QED) is 0.928. The summed E-state index contributed by atoms with van der Waals surface area (Å²) in [7, 11) is 0. The smallest absolute Gasteiger partial charge is 0.223 e. The first-order chi connectivity index (χ1) is 9.10. The van der Waals surface area contributed by atoms with Crippen molar-refractivity contribution in [3.63, 3.8) is 0 Å². The number of carbonyl (C=O) groups excluding carboxylic acids is 1. The van der Waals surface area contributed by atoms with Crippen LogP contribution in [0.15, 0.2) is 18.2 Å². The number of likely N-dealkylation sites (tertiary alicyclic amines) is 1. The molecule has 0 aromatic heterocycles. The normalized spacial score (nSPS) is 18.7. The van der Waals surface area contributed by atoms with E-state index in [1.54, 1.807) is 23.1 Å². The SMILES string of the molecule is NCCC(=O)N1CCC(Oc2ccc(Cl)c(Cl)c2)C1. The molecule has 1 saturated heterocycles. The summed E-state index contributed by atoms with van der Waals surface area (Å²) in [6.45, 7) is 1.69. The van der Waals surface area contributed by atoms with Crippen LogP contribution in [0.2, 0.25) is 10.0 Å². The van der Waals surface area contributed by atoms with Gasteiger partial charge >= 0.3 is 0 Å². The summed E-state index contributed by atoms with van der Waals surface area (Å²) in [5, 5.41) is 0.966. The molecule has 1 amide bonds. The van der Waals surface area contributed by atoms with E-state index in [9.17, 15) is 4.79 Å². The highest BCUT2D eigenvalue weighted by molar-refractivity contribution is 6.42. The maximum Gasteiger partial charge on any atom is 0.223 e. The molecule has 0 radical (unpaired) electrons. The van der Waals surface area contributed by atoms with Crippen molar-refractivity contribution in [3.05, 3.63) is 28.2 Å². The molecule has 0 aliphatic carbocycles. The summed E-state index contributed by atoms with van der Waals surface area (Å²) >= 11 is 11.8. The van der Waals surface area contributed by atoms with Gasteiger partial charge < -0.3 is 15.4 Å². The Bertz CT molecular complexity index is 468. The molecule has 2 N–H and O–H groups in total. The number of benzene rings is 1. The van der Waals surface area contributed by atoms with Gasteiger partial charge in [-0.2, -0.15) is 0 Å². The number of hydrogen-bond acceptors (Lipinski definition) is 3. The molecule has 1 atom stereocenters. The molecule has 1 fully saturated rings. The van der Waals surface area contributed by atoms with E-state index in [4.69, 9.17) is 33.7 Å². The Kier molecular flexibility index (Phi) is 4.91. The van der Waals surface area contributed by atoms with Gasteiger partial charge in [-0.1, -0.05) is 23.2 Å². The molecule has 1 aliphatic heterocycles. The molecule has 0 saturated carbocycles. The molecular formula is C13H16Cl2N2O2. The van der Waals surface area contributed by atoms with Crippen LogP contribution in [0.5, 0.6) is 5.75 Å². The number of halogens is 2. The van der Waals surface area contributed by atoms with Crippen LogP contribution in [-0.2, 0) is 4.79 Å². The lowest BCUT2D eigenvalue weighted by Gasteiger charge is -2.17. The summed E-state index contributed by atoms with van der Waals surface area (Å²) in [5.74, 6) is 0.760. The van der Waals surface area contributed by atoms with E-state index in [1.165, 1.54) is 0 Å². The second-order valence-electron chi connectivity index (χ2n) is 4.48. The van der Waals surface area contributed by atoms with Gasteiger partial charge in [0.15, 0.2) is 0 Å². The lowest BCUT2D eigenvalue weighted by molar-refractivity contribution is -0.130. The van der Waals surface area contributed by atoms with E-state index in [-0.39, 0.29) is 12.0 Å². The highest BCUT2D eigenvalue weighted by Crippen LogP contribution is 2.28. The van der Waals surface area contributed by atoms with Crippen molar-refractivity contribution in [3.8, 4) is 5.75 Å². The van der Waals surface area contributed by atoms with Crippen LogP contribution in [0.4, 0.5) is 0 Å². The minimum Gasteiger partial charge on any atom is -0.488 e. The molecule has 1 heterocycles. The highest BCUT2D eigenvalue weighted by Gasteiger charge is 2.27. The first-order valence-electron chi connectivity index (χ1n) is 6.19. The Morgan fingerprint density at radius 2 is 2.21 bits per heavy atom. The van der Waals surface area contributed by atoms with Gasteiger partial charge in [0.2, 0.25) is 5.91 Å². The van der Waals surface area contributed by atoms with E-state index < -0.39 is 0 Å². The number of nitrogens with two attached hydrogens (primary N) is 1. The fourth-order valence-corrected chi connectivity index (χ4v) is 2.36. The predicted octanol–water partition coefficient (Wildman–Crippen LogP) is 2.32. The van der Waals surface area contributed by atoms with Gasteiger partial charge in [0, 0.05) is 32.0 Å². The minimum atomic E-state index is -0.000957. The molecule has 0 bridgehead atoms. The van der Waals surface area contributed by atoms with E-state index in [1.807, 2.05) is 0 Å². The Labute approximate surface area is 122 Å². The maximum atomic E-state index is 11.7. The Balaban J connectivity index is 1.91. The van der Waals surface area contributed by atoms with Crippen LogP contribution >= 0.6 is 23.2 Å². The molecule has 1 aromatic rings. The molecule has 4 nitrogen and oxygen atoms in total. The maximum absolute atomic E-state index is 11.7. The second-order valence-corrected chi connectivity index (χ2v) is 5.30. The second kappa shape index (κ2) is 6.46. The Hall–Kier alpha value is -0.970. The van der Waals surface area contributed by atoms with Crippen molar-refractivity contribution >= 4 is 29.1 Å². The molecular weight excluding hydrogens is 287 g/mol. The third-order valence-electron chi connectivity index (χ3n) is 3.05. The molecule has 0 spiro atoms. The zero-order valence-electron chi connectivity index (χ0n) is 10.4. The van der Waals surface area contributed by atoms with Crippen molar-refractivity contribution in [1.82, 2.24) is 4.90 Å². The van der Waals surface area contributed by atoms with Gasteiger partial charge in [0.1, 0.15) is 11.9 Å². The van der Waals surface area contributed by atoms with Crippen LogP contribution in [-0.4, -0.2) is 36.5 Å². The number of nitrogens with zero attached hydrogens (tertiary/aromatic N) is 1.